The van der Waals surface area contributed by atoms with Gasteiger partial charge in [0.1, 0.15) is 0 Å². The molecule has 0 aromatic heterocycles. The Labute approximate surface area is 94.2 Å². The lowest BCUT2D eigenvalue weighted by molar-refractivity contribution is 0.653. The first kappa shape index (κ1) is 10.0. The third-order valence-electron chi connectivity index (χ3n) is 3.09. The minimum Gasteiger partial charge on any atom is -0.372 e. The van der Waals surface area contributed by atoms with Crippen LogP contribution in [0.5, 0.6) is 0 Å². The zero-order valence-corrected chi connectivity index (χ0v) is 10.1. The molecule has 0 atom stereocenters. The Balaban J connectivity index is 2.13. The van der Waals surface area contributed by atoms with Crippen molar-refractivity contribution in [1.82, 2.24) is 0 Å². The number of halogens is 1. The summed E-state index contributed by atoms with van der Waals surface area (Å²) in [6.45, 7) is 0. The van der Waals surface area contributed by atoms with Gasteiger partial charge in [0.25, 0.3) is 0 Å². The third-order valence-corrected chi connectivity index (χ3v) is 3.58. The van der Waals surface area contributed by atoms with Crippen LogP contribution in [0.1, 0.15) is 25.7 Å². The molecule has 0 bridgehead atoms. The van der Waals surface area contributed by atoms with Crippen LogP contribution in [0, 0.1) is 0 Å². The highest BCUT2D eigenvalue weighted by Gasteiger charge is 2.19. The first-order valence-electron chi connectivity index (χ1n) is 5.26. The molecule has 1 fully saturated rings. The Kier molecular flexibility index (Phi) is 3.12. The molecule has 76 valence electrons. The molecule has 1 nitrogen and oxygen atoms in total. The molecule has 1 aromatic rings. The molecule has 0 aliphatic heterocycles. The summed E-state index contributed by atoms with van der Waals surface area (Å²) in [5, 5.41) is 0. The van der Waals surface area contributed by atoms with Gasteiger partial charge in [0.05, 0.1) is 0 Å². The highest BCUT2D eigenvalue weighted by atomic mass is 79.9. The maximum absolute atomic E-state index is 3.51. The number of nitrogens with zero attached hydrogens (tertiary/aromatic N) is 1. The van der Waals surface area contributed by atoms with Gasteiger partial charge in [0, 0.05) is 23.2 Å². The topological polar surface area (TPSA) is 3.24 Å². The number of anilines is 1. The third kappa shape index (κ3) is 2.11. The van der Waals surface area contributed by atoms with Crippen molar-refractivity contribution in [1.29, 1.82) is 0 Å². The smallest absolute Gasteiger partial charge is 0.0377 e. The van der Waals surface area contributed by atoms with Crippen LogP contribution in [-0.4, -0.2) is 13.1 Å². The number of rotatable bonds is 2. The standard InChI is InChI=1S/C12H16BrN/c1-14(11-6-2-3-7-11)12-8-4-5-10(13)9-12/h4-5,8-9,11H,2-3,6-7H2,1H3. The summed E-state index contributed by atoms with van der Waals surface area (Å²) in [5.74, 6) is 0. The van der Waals surface area contributed by atoms with Crippen molar-refractivity contribution in [2.24, 2.45) is 0 Å². The van der Waals surface area contributed by atoms with Crippen LogP contribution in [0.15, 0.2) is 28.7 Å². The molecule has 0 radical (unpaired) electrons. The van der Waals surface area contributed by atoms with Crippen molar-refractivity contribution in [3.8, 4) is 0 Å². The van der Waals surface area contributed by atoms with Gasteiger partial charge in [0.15, 0.2) is 0 Å². The van der Waals surface area contributed by atoms with Crippen molar-refractivity contribution in [3.05, 3.63) is 28.7 Å². The van der Waals surface area contributed by atoms with Gasteiger partial charge < -0.3 is 4.90 Å². The Morgan fingerprint density at radius 3 is 2.64 bits per heavy atom. The lowest BCUT2D eigenvalue weighted by Crippen LogP contribution is -2.28. The van der Waals surface area contributed by atoms with E-state index in [1.165, 1.54) is 35.8 Å². The molecule has 0 spiro atoms. The summed E-state index contributed by atoms with van der Waals surface area (Å²) in [6, 6.07) is 9.31. The number of hydrogen-bond donors (Lipinski definition) is 0. The first-order chi connectivity index (χ1) is 6.77. The van der Waals surface area contributed by atoms with Crippen molar-refractivity contribution in [2.75, 3.05) is 11.9 Å². The zero-order valence-electron chi connectivity index (χ0n) is 8.54. The van der Waals surface area contributed by atoms with Crippen LogP contribution in [0.2, 0.25) is 0 Å². The van der Waals surface area contributed by atoms with E-state index < -0.39 is 0 Å². The highest BCUT2D eigenvalue weighted by molar-refractivity contribution is 9.10. The van der Waals surface area contributed by atoms with Crippen LogP contribution in [-0.2, 0) is 0 Å². The second-order valence-corrected chi connectivity index (χ2v) is 4.94. The van der Waals surface area contributed by atoms with Crippen molar-refractivity contribution < 1.29 is 0 Å². The van der Waals surface area contributed by atoms with Crippen LogP contribution in [0.3, 0.4) is 0 Å². The van der Waals surface area contributed by atoms with Gasteiger partial charge in [-0.2, -0.15) is 0 Å². The highest BCUT2D eigenvalue weighted by Crippen LogP contribution is 2.28. The zero-order chi connectivity index (χ0) is 9.97. The fraction of sp³-hybridized carbons (Fsp3) is 0.500. The Bertz CT molecular complexity index is 305. The fourth-order valence-corrected chi connectivity index (χ4v) is 2.59. The van der Waals surface area contributed by atoms with Crippen molar-refractivity contribution in [2.45, 2.75) is 31.7 Å². The average molecular weight is 254 g/mol. The predicted molar refractivity (Wildman–Crippen MR) is 64.8 cm³/mol. The summed E-state index contributed by atoms with van der Waals surface area (Å²) < 4.78 is 1.17. The van der Waals surface area contributed by atoms with E-state index in [0.717, 1.165) is 6.04 Å². The number of hydrogen-bond acceptors (Lipinski definition) is 1. The average Bonchev–Trinajstić information content (AvgIpc) is 2.69. The van der Waals surface area contributed by atoms with E-state index >= 15 is 0 Å². The Morgan fingerprint density at radius 2 is 2.00 bits per heavy atom. The molecular formula is C12H16BrN. The summed E-state index contributed by atoms with van der Waals surface area (Å²) in [4.78, 5) is 2.41. The summed E-state index contributed by atoms with van der Waals surface area (Å²) in [5.41, 5.74) is 1.33. The fourth-order valence-electron chi connectivity index (χ4n) is 2.20. The SMILES string of the molecule is CN(c1cccc(Br)c1)C1CCCC1. The van der Waals surface area contributed by atoms with Crippen LogP contribution < -0.4 is 4.90 Å². The van der Waals surface area contributed by atoms with Crippen LogP contribution in [0.25, 0.3) is 0 Å². The van der Waals surface area contributed by atoms with Gasteiger partial charge in [-0.3, -0.25) is 0 Å². The molecular weight excluding hydrogens is 238 g/mol. The van der Waals surface area contributed by atoms with Crippen LogP contribution >= 0.6 is 15.9 Å². The van der Waals surface area contributed by atoms with Crippen molar-refractivity contribution >= 4 is 21.6 Å². The van der Waals surface area contributed by atoms with Gasteiger partial charge in [0.2, 0.25) is 0 Å². The van der Waals surface area contributed by atoms with Crippen LogP contribution in [0.4, 0.5) is 5.69 Å². The molecule has 0 unspecified atom stereocenters. The molecule has 1 aliphatic rings. The molecule has 0 amide bonds. The van der Waals surface area contributed by atoms with E-state index in [1.54, 1.807) is 0 Å². The molecule has 1 aromatic carbocycles. The second-order valence-electron chi connectivity index (χ2n) is 4.03. The van der Waals surface area contributed by atoms with Gasteiger partial charge in [-0.1, -0.05) is 34.8 Å². The minimum absolute atomic E-state index is 0.754. The predicted octanol–water partition coefficient (Wildman–Crippen LogP) is 3.83. The molecule has 1 saturated carbocycles. The second kappa shape index (κ2) is 4.35. The summed E-state index contributed by atoms with van der Waals surface area (Å²) >= 11 is 3.51. The maximum Gasteiger partial charge on any atom is 0.0377 e. The van der Waals surface area contributed by atoms with E-state index in [0.29, 0.717) is 0 Å². The van der Waals surface area contributed by atoms with Crippen molar-refractivity contribution in [3.63, 3.8) is 0 Å². The van der Waals surface area contributed by atoms with E-state index in [1.807, 2.05) is 0 Å². The monoisotopic (exact) mass is 253 g/mol. The first-order valence-corrected chi connectivity index (χ1v) is 6.05. The lowest BCUT2D eigenvalue weighted by Gasteiger charge is -2.26. The Hall–Kier alpha value is -0.500. The van der Waals surface area contributed by atoms with Gasteiger partial charge >= 0.3 is 0 Å². The molecule has 0 saturated heterocycles. The summed E-state index contributed by atoms with van der Waals surface area (Å²) in [7, 11) is 2.21. The molecule has 14 heavy (non-hydrogen) atoms. The quantitative estimate of drug-likeness (QED) is 0.775. The Morgan fingerprint density at radius 1 is 1.29 bits per heavy atom. The number of benzene rings is 1. The van der Waals surface area contributed by atoms with Gasteiger partial charge in [-0.25, -0.2) is 0 Å². The molecule has 0 N–H and O–H groups in total. The largest absolute Gasteiger partial charge is 0.372 e. The van der Waals surface area contributed by atoms with E-state index in [4.69, 9.17) is 0 Å². The minimum atomic E-state index is 0.754. The molecule has 2 rings (SSSR count). The van der Waals surface area contributed by atoms with E-state index in [2.05, 4.69) is 52.1 Å². The molecule has 1 aliphatic carbocycles. The molecule has 2 heteroatoms. The van der Waals surface area contributed by atoms with Gasteiger partial charge in [-0.05, 0) is 31.0 Å². The summed E-state index contributed by atoms with van der Waals surface area (Å²) in [6.07, 6.45) is 5.48. The normalized spacial score (nSPS) is 17.3. The van der Waals surface area contributed by atoms with E-state index in [-0.39, 0.29) is 0 Å². The molecule has 0 heterocycles. The van der Waals surface area contributed by atoms with E-state index in [9.17, 15) is 0 Å². The van der Waals surface area contributed by atoms with Gasteiger partial charge in [-0.15, -0.1) is 0 Å². The maximum atomic E-state index is 3.51. The lowest BCUT2D eigenvalue weighted by atomic mass is 10.2.